The van der Waals surface area contributed by atoms with Gasteiger partial charge in [-0.25, -0.2) is 4.79 Å². The van der Waals surface area contributed by atoms with E-state index in [0.29, 0.717) is 24.3 Å². The molecule has 0 radical (unpaired) electrons. The van der Waals surface area contributed by atoms with E-state index in [9.17, 15) is 9.90 Å². The number of amides is 2. The van der Waals surface area contributed by atoms with Gasteiger partial charge < -0.3 is 15.3 Å². The smallest absolute Gasteiger partial charge is 0.317 e. The van der Waals surface area contributed by atoms with Crippen molar-refractivity contribution >= 4 is 17.8 Å². The third-order valence-corrected chi connectivity index (χ3v) is 5.43. The van der Waals surface area contributed by atoms with Crippen molar-refractivity contribution in [2.45, 2.75) is 70.8 Å². The minimum Gasteiger partial charge on any atom is -0.393 e. The van der Waals surface area contributed by atoms with Crippen LogP contribution in [0.3, 0.4) is 0 Å². The summed E-state index contributed by atoms with van der Waals surface area (Å²) in [6, 6.07) is 0.384. The second-order valence-electron chi connectivity index (χ2n) is 7.03. The average Bonchev–Trinajstić information content (AvgIpc) is 2.82. The van der Waals surface area contributed by atoms with Crippen molar-refractivity contribution in [3.63, 3.8) is 0 Å². The molecule has 0 spiro atoms. The van der Waals surface area contributed by atoms with Crippen LogP contribution in [0.5, 0.6) is 0 Å². The molecule has 0 aromatic carbocycles. The van der Waals surface area contributed by atoms with Crippen molar-refractivity contribution in [2.75, 3.05) is 19.3 Å². The van der Waals surface area contributed by atoms with E-state index in [1.807, 2.05) is 23.7 Å². The highest BCUT2D eigenvalue weighted by Gasteiger charge is 2.30. The van der Waals surface area contributed by atoms with Gasteiger partial charge in [0.05, 0.1) is 6.10 Å². The van der Waals surface area contributed by atoms with Gasteiger partial charge in [-0.2, -0.15) is 11.8 Å². The zero-order valence-electron chi connectivity index (χ0n) is 14.2. The van der Waals surface area contributed by atoms with Crippen LogP contribution in [0.15, 0.2) is 0 Å². The first-order chi connectivity index (χ1) is 9.75. The number of thioether (sulfide) groups is 1. The lowest BCUT2D eigenvalue weighted by atomic mass is 9.87. The van der Waals surface area contributed by atoms with Gasteiger partial charge in [0.25, 0.3) is 0 Å². The van der Waals surface area contributed by atoms with Crippen LogP contribution in [0.2, 0.25) is 0 Å². The molecule has 1 fully saturated rings. The highest BCUT2D eigenvalue weighted by Crippen LogP contribution is 2.32. The molecule has 1 aliphatic carbocycles. The Labute approximate surface area is 134 Å². The molecule has 21 heavy (non-hydrogen) atoms. The Morgan fingerprint density at radius 1 is 1.48 bits per heavy atom. The molecule has 3 unspecified atom stereocenters. The number of carbonyl (C=O) groups is 1. The van der Waals surface area contributed by atoms with Crippen molar-refractivity contribution in [3.05, 3.63) is 0 Å². The fourth-order valence-corrected chi connectivity index (χ4v) is 4.27. The minimum atomic E-state index is -0.337. The molecular weight excluding hydrogens is 284 g/mol. The quantitative estimate of drug-likeness (QED) is 0.759. The third kappa shape index (κ3) is 6.47. The predicted octanol–water partition coefficient (Wildman–Crippen LogP) is 3.10. The number of hydrogen-bond donors (Lipinski definition) is 2. The normalized spacial score (nSPS) is 23.9. The second-order valence-corrected chi connectivity index (χ2v) is 8.61. The fraction of sp³-hybridized carbons (Fsp3) is 0.938. The standard InChI is InChI=1S/C16H32N2O2S/c1-6-21-14-8-7-13(9-14)18(5)15(20)17-11-16(3,4)10-12(2)19/h12-14,19H,6-11H2,1-5H3,(H,17,20). The van der Waals surface area contributed by atoms with E-state index in [1.165, 1.54) is 6.42 Å². The van der Waals surface area contributed by atoms with E-state index in [4.69, 9.17) is 0 Å². The van der Waals surface area contributed by atoms with Gasteiger partial charge in [0.15, 0.2) is 0 Å². The van der Waals surface area contributed by atoms with E-state index < -0.39 is 0 Å². The van der Waals surface area contributed by atoms with Crippen molar-refractivity contribution in [3.8, 4) is 0 Å². The highest BCUT2D eigenvalue weighted by atomic mass is 32.2. The van der Waals surface area contributed by atoms with Crippen LogP contribution in [-0.2, 0) is 0 Å². The Balaban J connectivity index is 2.38. The first-order valence-electron chi connectivity index (χ1n) is 8.05. The highest BCUT2D eigenvalue weighted by molar-refractivity contribution is 7.99. The van der Waals surface area contributed by atoms with Crippen molar-refractivity contribution in [1.82, 2.24) is 10.2 Å². The number of nitrogens with zero attached hydrogens (tertiary/aromatic N) is 1. The summed E-state index contributed by atoms with van der Waals surface area (Å²) in [6.45, 7) is 8.73. The van der Waals surface area contributed by atoms with Gasteiger partial charge in [-0.05, 0) is 43.8 Å². The maximum absolute atomic E-state index is 12.3. The molecule has 0 heterocycles. The van der Waals surface area contributed by atoms with Gasteiger partial charge in [0, 0.05) is 24.9 Å². The number of carbonyl (C=O) groups excluding carboxylic acids is 1. The number of hydrogen-bond acceptors (Lipinski definition) is 3. The Hall–Kier alpha value is -0.420. The monoisotopic (exact) mass is 316 g/mol. The minimum absolute atomic E-state index is 0.0146. The molecule has 0 bridgehead atoms. The summed E-state index contributed by atoms with van der Waals surface area (Å²) in [6.07, 6.45) is 3.79. The van der Waals surface area contributed by atoms with E-state index in [-0.39, 0.29) is 17.6 Å². The summed E-state index contributed by atoms with van der Waals surface area (Å²) in [4.78, 5) is 14.1. The fourth-order valence-electron chi connectivity index (χ4n) is 3.13. The zero-order chi connectivity index (χ0) is 16.0. The molecule has 5 heteroatoms. The molecule has 3 atom stereocenters. The zero-order valence-corrected chi connectivity index (χ0v) is 15.0. The maximum Gasteiger partial charge on any atom is 0.317 e. The van der Waals surface area contributed by atoms with Crippen LogP contribution in [0.25, 0.3) is 0 Å². The van der Waals surface area contributed by atoms with Gasteiger partial charge in [0.1, 0.15) is 0 Å². The van der Waals surface area contributed by atoms with Crippen LogP contribution >= 0.6 is 11.8 Å². The molecule has 1 rings (SSSR count). The maximum atomic E-state index is 12.3. The Bertz CT molecular complexity index is 334. The Kier molecular flexibility index (Phi) is 7.34. The number of rotatable bonds is 7. The number of urea groups is 1. The van der Waals surface area contributed by atoms with Gasteiger partial charge >= 0.3 is 6.03 Å². The molecule has 0 saturated heterocycles. The van der Waals surface area contributed by atoms with Gasteiger partial charge in [-0.3, -0.25) is 0 Å². The summed E-state index contributed by atoms with van der Waals surface area (Å²) >= 11 is 2.01. The van der Waals surface area contributed by atoms with Crippen LogP contribution in [0, 0.1) is 5.41 Å². The van der Waals surface area contributed by atoms with E-state index in [2.05, 4.69) is 26.1 Å². The molecule has 2 N–H and O–H groups in total. The molecule has 1 aliphatic rings. The third-order valence-electron chi connectivity index (χ3n) is 4.19. The van der Waals surface area contributed by atoms with E-state index in [1.54, 1.807) is 6.92 Å². The largest absolute Gasteiger partial charge is 0.393 e. The van der Waals surface area contributed by atoms with E-state index in [0.717, 1.165) is 18.6 Å². The molecule has 1 saturated carbocycles. The summed E-state index contributed by atoms with van der Waals surface area (Å²) in [5.74, 6) is 1.15. The topological polar surface area (TPSA) is 52.6 Å². The van der Waals surface area contributed by atoms with Crippen LogP contribution in [0.4, 0.5) is 4.79 Å². The average molecular weight is 317 g/mol. The molecule has 0 aromatic heterocycles. The lowest BCUT2D eigenvalue weighted by molar-refractivity contribution is 0.126. The molecule has 124 valence electrons. The van der Waals surface area contributed by atoms with Gasteiger partial charge in [-0.15, -0.1) is 0 Å². The predicted molar refractivity (Wildman–Crippen MR) is 90.8 cm³/mol. The summed E-state index contributed by atoms with van der Waals surface area (Å²) < 4.78 is 0. The molecule has 0 aliphatic heterocycles. The number of aliphatic hydroxyl groups excluding tert-OH is 1. The molecule has 4 nitrogen and oxygen atoms in total. The second kappa shape index (κ2) is 8.28. The first-order valence-corrected chi connectivity index (χ1v) is 9.10. The number of aliphatic hydroxyl groups is 1. The summed E-state index contributed by atoms with van der Waals surface area (Å²) in [7, 11) is 1.90. The van der Waals surface area contributed by atoms with Crippen molar-refractivity contribution in [2.24, 2.45) is 5.41 Å². The van der Waals surface area contributed by atoms with Gasteiger partial charge in [0.2, 0.25) is 0 Å². The Morgan fingerprint density at radius 2 is 2.14 bits per heavy atom. The van der Waals surface area contributed by atoms with Crippen LogP contribution in [0.1, 0.15) is 53.4 Å². The van der Waals surface area contributed by atoms with Crippen molar-refractivity contribution < 1.29 is 9.90 Å². The van der Waals surface area contributed by atoms with Crippen LogP contribution < -0.4 is 5.32 Å². The van der Waals surface area contributed by atoms with Crippen LogP contribution in [-0.4, -0.2) is 52.8 Å². The Morgan fingerprint density at radius 3 is 2.71 bits per heavy atom. The van der Waals surface area contributed by atoms with E-state index >= 15 is 0 Å². The lowest BCUT2D eigenvalue weighted by Gasteiger charge is -2.30. The van der Waals surface area contributed by atoms with Crippen molar-refractivity contribution in [1.29, 1.82) is 0 Å². The number of nitrogens with one attached hydrogen (secondary N) is 1. The lowest BCUT2D eigenvalue weighted by Crippen LogP contribution is -2.46. The SMILES string of the molecule is CCSC1CCC(N(C)C(=O)NCC(C)(C)CC(C)O)C1. The molecule has 0 aromatic rings. The molecular formula is C16H32N2O2S. The first kappa shape index (κ1) is 18.6. The summed E-state index contributed by atoms with van der Waals surface area (Å²) in [5, 5.41) is 13.2. The van der Waals surface area contributed by atoms with Gasteiger partial charge in [-0.1, -0.05) is 20.8 Å². The summed E-state index contributed by atoms with van der Waals surface area (Å²) in [5.41, 5.74) is -0.0824. The molecule has 2 amide bonds.